The van der Waals surface area contributed by atoms with Gasteiger partial charge in [0.1, 0.15) is 23.1 Å². The van der Waals surface area contributed by atoms with E-state index in [2.05, 4.69) is 5.32 Å². The number of carbonyl (C=O) groups is 1. The molecule has 1 atom stereocenters. The van der Waals surface area contributed by atoms with Gasteiger partial charge in [-0.05, 0) is 25.1 Å². The van der Waals surface area contributed by atoms with E-state index in [4.69, 9.17) is 23.4 Å². The molecule has 1 aliphatic rings. The number of carbonyl (C=O) groups excluding carboxylic acids is 1. The molecular weight excluding hydrogens is 468 g/mol. The van der Waals surface area contributed by atoms with Crippen molar-refractivity contribution in [3.05, 3.63) is 69.3 Å². The third-order valence-corrected chi connectivity index (χ3v) is 5.42. The molecule has 1 aliphatic heterocycles. The standard InChI is InChI=1S/C24H21F2NO8/c1-11-6-17(28)20(24(30)35-11)13(9-19(29)27-16-5-4-12(25)7-15(16)26)14-8-18(31-2)22-23(21(14)32-3)34-10-33-22/h4-8,13,28H,9-10H2,1-3H3,(H,27,29). The van der Waals surface area contributed by atoms with Gasteiger partial charge in [-0.2, -0.15) is 0 Å². The average molecular weight is 489 g/mol. The molecule has 2 N–H and O–H groups in total. The summed E-state index contributed by atoms with van der Waals surface area (Å²) in [6.07, 6.45) is -0.461. The molecule has 1 amide bonds. The molecule has 3 aromatic rings. The fraction of sp³-hybridized carbons (Fsp3) is 0.250. The van der Waals surface area contributed by atoms with Gasteiger partial charge in [-0.25, -0.2) is 13.6 Å². The van der Waals surface area contributed by atoms with Crippen molar-refractivity contribution in [1.29, 1.82) is 0 Å². The van der Waals surface area contributed by atoms with E-state index in [9.17, 15) is 23.5 Å². The molecule has 2 heterocycles. The normalized spacial score (nSPS) is 12.8. The number of fused-ring (bicyclic) bond motifs is 1. The smallest absolute Gasteiger partial charge is 0.343 e. The zero-order chi connectivity index (χ0) is 25.3. The summed E-state index contributed by atoms with van der Waals surface area (Å²) in [6, 6.07) is 5.40. The Balaban J connectivity index is 1.84. The van der Waals surface area contributed by atoms with E-state index in [0.717, 1.165) is 12.1 Å². The van der Waals surface area contributed by atoms with Gasteiger partial charge in [0.25, 0.3) is 0 Å². The van der Waals surface area contributed by atoms with Crippen molar-refractivity contribution in [2.45, 2.75) is 19.3 Å². The summed E-state index contributed by atoms with van der Waals surface area (Å²) in [4.78, 5) is 25.8. The van der Waals surface area contributed by atoms with Crippen molar-refractivity contribution in [3.63, 3.8) is 0 Å². The molecule has 11 heteroatoms. The largest absolute Gasteiger partial charge is 0.507 e. The van der Waals surface area contributed by atoms with Gasteiger partial charge >= 0.3 is 5.63 Å². The van der Waals surface area contributed by atoms with Gasteiger partial charge in [0.2, 0.25) is 24.2 Å². The first-order valence-electron chi connectivity index (χ1n) is 10.4. The van der Waals surface area contributed by atoms with Gasteiger partial charge in [-0.3, -0.25) is 4.79 Å². The van der Waals surface area contributed by atoms with Gasteiger partial charge in [-0.1, -0.05) is 0 Å². The number of aryl methyl sites for hydroxylation is 1. The lowest BCUT2D eigenvalue weighted by molar-refractivity contribution is -0.116. The second-order valence-corrected chi connectivity index (χ2v) is 7.64. The SMILES string of the molecule is COc1cc(C(CC(=O)Nc2ccc(F)cc2F)c2c(O)cc(C)oc2=O)c(OC)c2c1OCO2. The molecule has 0 saturated heterocycles. The number of aromatic hydroxyl groups is 1. The average Bonchev–Trinajstić information content (AvgIpc) is 3.28. The second-order valence-electron chi connectivity index (χ2n) is 7.64. The van der Waals surface area contributed by atoms with Crippen molar-refractivity contribution in [1.82, 2.24) is 0 Å². The van der Waals surface area contributed by atoms with Crippen LogP contribution in [0.1, 0.15) is 29.2 Å². The van der Waals surface area contributed by atoms with Gasteiger partial charge in [0.05, 0.1) is 25.5 Å². The zero-order valence-corrected chi connectivity index (χ0v) is 18.9. The third kappa shape index (κ3) is 4.57. The van der Waals surface area contributed by atoms with E-state index in [1.54, 1.807) is 0 Å². The number of benzene rings is 2. The molecule has 0 saturated carbocycles. The molecular formula is C24H21F2NO8. The van der Waals surface area contributed by atoms with Crippen molar-refractivity contribution >= 4 is 11.6 Å². The summed E-state index contributed by atoms with van der Waals surface area (Å²) >= 11 is 0. The number of amides is 1. The van der Waals surface area contributed by atoms with E-state index in [0.29, 0.717) is 6.07 Å². The highest BCUT2D eigenvalue weighted by Gasteiger charge is 2.34. The predicted octanol–water partition coefficient (Wildman–Crippen LogP) is 3.84. The summed E-state index contributed by atoms with van der Waals surface area (Å²) in [5.41, 5.74) is -1.13. The lowest BCUT2D eigenvalue weighted by Crippen LogP contribution is -2.22. The van der Waals surface area contributed by atoms with E-state index in [1.807, 2.05) is 0 Å². The molecule has 0 radical (unpaired) electrons. The lowest BCUT2D eigenvalue weighted by Gasteiger charge is -2.22. The van der Waals surface area contributed by atoms with Crippen LogP contribution in [-0.2, 0) is 4.79 Å². The topological polar surface area (TPSA) is 116 Å². The van der Waals surface area contributed by atoms with E-state index >= 15 is 0 Å². The Morgan fingerprint density at radius 1 is 1.14 bits per heavy atom. The molecule has 2 aromatic carbocycles. The van der Waals surface area contributed by atoms with Crippen LogP contribution >= 0.6 is 0 Å². The maximum Gasteiger partial charge on any atom is 0.343 e. The first-order valence-corrected chi connectivity index (χ1v) is 10.4. The maximum absolute atomic E-state index is 14.1. The predicted molar refractivity (Wildman–Crippen MR) is 118 cm³/mol. The number of methoxy groups -OCH3 is 2. The molecule has 1 unspecified atom stereocenters. The molecule has 0 bridgehead atoms. The van der Waals surface area contributed by atoms with Crippen molar-refractivity contribution in [3.8, 4) is 28.7 Å². The number of rotatable bonds is 7. The third-order valence-electron chi connectivity index (χ3n) is 5.42. The van der Waals surface area contributed by atoms with Crippen LogP contribution in [0, 0.1) is 18.6 Å². The van der Waals surface area contributed by atoms with Crippen LogP contribution in [-0.4, -0.2) is 32.0 Å². The Morgan fingerprint density at radius 3 is 2.54 bits per heavy atom. The molecule has 4 rings (SSSR count). The van der Waals surface area contributed by atoms with Crippen molar-refractivity contribution in [2.24, 2.45) is 0 Å². The fourth-order valence-corrected chi connectivity index (χ4v) is 3.93. The zero-order valence-electron chi connectivity index (χ0n) is 18.9. The van der Waals surface area contributed by atoms with Crippen LogP contribution in [0.25, 0.3) is 0 Å². The molecule has 1 aromatic heterocycles. The fourth-order valence-electron chi connectivity index (χ4n) is 3.93. The minimum Gasteiger partial charge on any atom is -0.507 e. The van der Waals surface area contributed by atoms with Crippen molar-refractivity contribution in [2.75, 3.05) is 26.3 Å². The molecule has 0 aliphatic carbocycles. The summed E-state index contributed by atoms with van der Waals surface area (Å²) < 4.78 is 54.4. The minimum absolute atomic E-state index is 0.113. The van der Waals surface area contributed by atoms with Crippen LogP contribution < -0.4 is 29.9 Å². The number of nitrogens with one attached hydrogen (secondary N) is 1. The Hall–Kier alpha value is -4.28. The van der Waals surface area contributed by atoms with Crippen LogP contribution in [0.4, 0.5) is 14.5 Å². The number of anilines is 1. The number of hydrogen-bond donors (Lipinski definition) is 2. The molecule has 184 valence electrons. The maximum atomic E-state index is 14.1. The highest BCUT2D eigenvalue weighted by Crippen LogP contribution is 2.52. The highest BCUT2D eigenvalue weighted by molar-refractivity contribution is 5.92. The van der Waals surface area contributed by atoms with Gasteiger partial charge in [-0.15, -0.1) is 0 Å². The van der Waals surface area contributed by atoms with Gasteiger partial charge in [0.15, 0.2) is 11.5 Å². The molecule has 0 spiro atoms. The number of hydrogen-bond acceptors (Lipinski definition) is 8. The minimum atomic E-state index is -1.14. The van der Waals surface area contributed by atoms with E-state index < -0.39 is 41.3 Å². The van der Waals surface area contributed by atoms with Crippen LogP contribution in [0.15, 0.2) is 39.5 Å². The molecule has 9 nitrogen and oxygen atoms in total. The van der Waals surface area contributed by atoms with Crippen LogP contribution in [0.3, 0.4) is 0 Å². The first kappa shape index (κ1) is 23.9. The van der Waals surface area contributed by atoms with Crippen molar-refractivity contribution < 1.29 is 42.0 Å². The quantitative estimate of drug-likeness (QED) is 0.514. The second kappa shape index (κ2) is 9.53. The van der Waals surface area contributed by atoms with E-state index in [1.165, 1.54) is 33.3 Å². The number of ether oxygens (including phenoxy) is 4. The highest BCUT2D eigenvalue weighted by atomic mass is 19.1. The lowest BCUT2D eigenvalue weighted by atomic mass is 9.87. The first-order chi connectivity index (χ1) is 16.7. The number of halogens is 2. The molecule has 35 heavy (non-hydrogen) atoms. The Morgan fingerprint density at radius 2 is 1.89 bits per heavy atom. The van der Waals surface area contributed by atoms with Crippen LogP contribution in [0.2, 0.25) is 0 Å². The summed E-state index contributed by atoms with van der Waals surface area (Å²) in [5.74, 6) is -3.09. The van der Waals surface area contributed by atoms with E-state index in [-0.39, 0.29) is 52.4 Å². The van der Waals surface area contributed by atoms with Gasteiger partial charge < -0.3 is 33.8 Å². The Bertz CT molecular complexity index is 1350. The summed E-state index contributed by atoms with van der Waals surface area (Å²) in [6.45, 7) is 1.37. The monoisotopic (exact) mass is 489 g/mol. The summed E-state index contributed by atoms with van der Waals surface area (Å²) in [7, 11) is 2.75. The Labute approximate surface area is 197 Å². The molecule has 0 fully saturated rings. The Kier molecular flexibility index (Phi) is 6.50. The summed E-state index contributed by atoms with van der Waals surface area (Å²) in [5, 5.41) is 13.0. The van der Waals surface area contributed by atoms with Gasteiger partial charge in [0, 0.05) is 30.0 Å². The van der Waals surface area contributed by atoms with Crippen LogP contribution in [0.5, 0.6) is 28.7 Å².